The van der Waals surface area contributed by atoms with Crippen LogP contribution in [0.1, 0.15) is 76.9 Å². The summed E-state index contributed by atoms with van der Waals surface area (Å²) in [6.07, 6.45) is 7.29. The molecule has 12 nitrogen and oxygen atoms in total. The molecule has 0 radical (unpaired) electrons. The lowest BCUT2D eigenvalue weighted by Crippen LogP contribution is -2.42. The van der Waals surface area contributed by atoms with Gasteiger partial charge in [-0.3, -0.25) is 19.2 Å². The number of amides is 4. The van der Waals surface area contributed by atoms with Crippen LogP contribution in [0.25, 0.3) is 0 Å². The van der Waals surface area contributed by atoms with E-state index in [0.29, 0.717) is 54.4 Å². The molecule has 1 aliphatic carbocycles. The zero-order valence-corrected chi connectivity index (χ0v) is 29.8. The largest absolute Gasteiger partial charge is 0.494 e. The normalized spacial score (nSPS) is 14.0. The molecule has 1 saturated carbocycles. The zero-order valence-electron chi connectivity index (χ0n) is 29.0. The van der Waals surface area contributed by atoms with E-state index in [1.54, 1.807) is 35.8 Å². The van der Waals surface area contributed by atoms with Crippen molar-refractivity contribution in [3.05, 3.63) is 100 Å². The van der Waals surface area contributed by atoms with Crippen LogP contribution in [0.5, 0.6) is 11.5 Å². The summed E-state index contributed by atoms with van der Waals surface area (Å²) in [4.78, 5) is 56.2. The summed E-state index contributed by atoms with van der Waals surface area (Å²) in [6.45, 7) is 1.57. The maximum atomic E-state index is 13.5. The number of hydrogen-bond donors (Lipinski definition) is 4. The van der Waals surface area contributed by atoms with Gasteiger partial charge in [-0.25, -0.2) is 4.98 Å². The maximum Gasteiger partial charge on any atom is 0.262 e. The topological polar surface area (TPSA) is 165 Å². The molecule has 6 rings (SSSR count). The molecule has 13 heteroatoms. The minimum absolute atomic E-state index is 0.0725. The molecule has 2 heterocycles. The Morgan fingerprint density at radius 3 is 2.48 bits per heavy atom. The molecular weight excluding hydrogens is 681 g/mol. The first-order valence-corrected chi connectivity index (χ1v) is 18.7. The highest BCUT2D eigenvalue weighted by molar-refractivity contribution is 7.07. The van der Waals surface area contributed by atoms with Crippen molar-refractivity contribution >= 4 is 46.3 Å². The fourth-order valence-electron chi connectivity index (χ4n) is 5.87. The van der Waals surface area contributed by atoms with E-state index in [1.165, 1.54) is 11.3 Å². The summed E-state index contributed by atoms with van der Waals surface area (Å²) in [5, 5.41) is 10.5. The predicted molar refractivity (Wildman–Crippen MR) is 200 cm³/mol. The van der Waals surface area contributed by atoms with Gasteiger partial charge in [0.25, 0.3) is 17.7 Å². The molecule has 4 amide bonds. The Balaban J connectivity index is 0.870. The van der Waals surface area contributed by atoms with Gasteiger partial charge in [0.1, 0.15) is 11.5 Å². The van der Waals surface area contributed by atoms with E-state index in [4.69, 9.17) is 15.2 Å². The van der Waals surface area contributed by atoms with Crippen molar-refractivity contribution in [3.63, 3.8) is 0 Å². The third kappa shape index (κ3) is 10.4. The number of ether oxygens (including phenoxy) is 2. The molecule has 0 spiro atoms. The van der Waals surface area contributed by atoms with Crippen LogP contribution in [0.15, 0.2) is 77.6 Å². The molecule has 1 aromatic heterocycles. The van der Waals surface area contributed by atoms with E-state index in [-0.39, 0.29) is 36.3 Å². The van der Waals surface area contributed by atoms with Crippen LogP contribution in [0.2, 0.25) is 0 Å². The fraction of sp³-hybridized carbons (Fsp3) is 0.359. The number of hydrogen-bond acceptors (Lipinski definition) is 9. The fourth-order valence-corrected chi connectivity index (χ4v) is 6.44. The smallest absolute Gasteiger partial charge is 0.262 e. The van der Waals surface area contributed by atoms with E-state index in [9.17, 15) is 19.2 Å². The molecule has 0 saturated heterocycles. The van der Waals surface area contributed by atoms with Crippen molar-refractivity contribution < 1.29 is 28.7 Å². The summed E-state index contributed by atoms with van der Waals surface area (Å²) in [6, 6.07) is 19.3. The number of nitrogens with zero attached hydrogens (tertiary/aromatic N) is 2. The number of aromatic nitrogens is 1. The average Bonchev–Trinajstić information content (AvgIpc) is 3.87. The Hall–Kier alpha value is -5.27. The van der Waals surface area contributed by atoms with Crippen molar-refractivity contribution in [2.75, 3.05) is 30.4 Å². The molecule has 272 valence electrons. The molecule has 1 fully saturated rings. The second-order valence-corrected chi connectivity index (χ2v) is 13.8. The van der Waals surface area contributed by atoms with Gasteiger partial charge in [-0.05, 0) is 85.8 Å². The molecular formula is C39H44N6O6S. The third-order valence-electron chi connectivity index (χ3n) is 8.93. The number of nitrogens with one attached hydrogen (secondary N) is 3. The summed E-state index contributed by atoms with van der Waals surface area (Å²) < 4.78 is 11.4. The van der Waals surface area contributed by atoms with E-state index >= 15 is 0 Å². The van der Waals surface area contributed by atoms with Crippen LogP contribution in [0.3, 0.4) is 0 Å². The minimum atomic E-state index is -0.574. The monoisotopic (exact) mass is 724 g/mol. The number of thiazole rings is 1. The Bertz CT molecular complexity index is 1830. The highest BCUT2D eigenvalue weighted by Crippen LogP contribution is 2.33. The minimum Gasteiger partial charge on any atom is -0.494 e. The van der Waals surface area contributed by atoms with Crippen LogP contribution in [0, 0.1) is 0 Å². The molecule has 0 unspecified atom stereocenters. The van der Waals surface area contributed by atoms with Crippen molar-refractivity contribution in [2.45, 2.75) is 70.0 Å². The highest BCUT2D eigenvalue weighted by atomic mass is 32.1. The van der Waals surface area contributed by atoms with Gasteiger partial charge in [-0.2, -0.15) is 0 Å². The van der Waals surface area contributed by atoms with Crippen molar-refractivity contribution in [1.82, 2.24) is 15.2 Å². The molecule has 0 bridgehead atoms. The SMILES string of the molecule is N[C@@H](Cc1cscn1)C(=O)NCCCCCCCOc1ccc(NC(=O)c2ccc(CN(C(=O)c3ccc4c(c3)OCC(=O)N4)C3CC3)cc2)cc1. The number of benzene rings is 3. The van der Waals surface area contributed by atoms with E-state index in [0.717, 1.165) is 62.0 Å². The number of nitrogens with two attached hydrogens (primary N) is 1. The molecule has 3 aromatic carbocycles. The average molecular weight is 725 g/mol. The first-order valence-electron chi connectivity index (χ1n) is 17.7. The van der Waals surface area contributed by atoms with Crippen LogP contribution >= 0.6 is 11.3 Å². The Morgan fingerprint density at radius 2 is 1.73 bits per heavy atom. The van der Waals surface area contributed by atoms with Crippen LogP contribution in [0.4, 0.5) is 11.4 Å². The number of unbranched alkanes of at least 4 members (excludes halogenated alkanes) is 4. The number of anilines is 2. The molecule has 5 N–H and O–H groups in total. The zero-order chi connectivity index (χ0) is 36.3. The second kappa shape index (κ2) is 17.8. The summed E-state index contributed by atoms with van der Waals surface area (Å²) >= 11 is 1.50. The molecule has 52 heavy (non-hydrogen) atoms. The Morgan fingerprint density at radius 1 is 0.981 bits per heavy atom. The highest BCUT2D eigenvalue weighted by Gasteiger charge is 2.33. The van der Waals surface area contributed by atoms with Gasteiger partial charge in [-0.1, -0.05) is 31.4 Å². The lowest BCUT2D eigenvalue weighted by Gasteiger charge is -2.24. The number of carbonyl (C=O) groups excluding carboxylic acids is 4. The van der Waals surface area contributed by atoms with Crippen LogP contribution in [-0.2, 0) is 22.6 Å². The van der Waals surface area contributed by atoms with E-state index in [2.05, 4.69) is 20.9 Å². The summed E-state index contributed by atoms with van der Waals surface area (Å²) in [5.74, 6) is 0.548. The van der Waals surface area contributed by atoms with E-state index < -0.39 is 6.04 Å². The second-order valence-electron chi connectivity index (χ2n) is 13.1. The van der Waals surface area contributed by atoms with Crippen molar-refractivity contribution in [1.29, 1.82) is 0 Å². The standard InChI is InChI=1S/C39H44N6O6S/c40-33(21-30-24-52-25-42-30)38(48)41-18-4-2-1-3-5-19-50-32-15-11-29(12-16-32)43-37(47)27-8-6-26(7-9-27)22-45(31-13-14-31)39(49)28-10-17-34-35(20-28)51-23-36(46)44-34/h6-12,15-17,20,24-25,31,33H,1-5,13-14,18-19,21-23,40H2,(H,41,48)(H,43,47)(H,44,46)/t33-/m0/s1. The van der Waals surface area contributed by atoms with Crippen molar-refractivity contribution in [2.24, 2.45) is 5.73 Å². The molecule has 4 aromatic rings. The van der Waals surface area contributed by atoms with Gasteiger partial charge in [0, 0.05) is 47.7 Å². The Labute approximate surface area is 307 Å². The molecule has 1 aliphatic heterocycles. The van der Waals surface area contributed by atoms with Gasteiger partial charge in [0.2, 0.25) is 5.91 Å². The van der Waals surface area contributed by atoms with Crippen molar-refractivity contribution in [3.8, 4) is 11.5 Å². The van der Waals surface area contributed by atoms with Gasteiger partial charge in [-0.15, -0.1) is 11.3 Å². The van der Waals surface area contributed by atoms with Gasteiger partial charge < -0.3 is 36.1 Å². The lowest BCUT2D eigenvalue weighted by molar-refractivity contribution is -0.122. The first kappa shape index (κ1) is 36.5. The number of fused-ring (bicyclic) bond motifs is 1. The number of rotatable bonds is 18. The predicted octanol–water partition coefficient (Wildman–Crippen LogP) is 5.55. The Kier molecular flexibility index (Phi) is 12.5. The van der Waals surface area contributed by atoms with Gasteiger partial charge in [0.15, 0.2) is 6.61 Å². The first-order chi connectivity index (χ1) is 25.3. The summed E-state index contributed by atoms with van der Waals surface area (Å²) in [7, 11) is 0. The summed E-state index contributed by atoms with van der Waals surface area (Å²) in [5.41, 5.74) is 11.7. The van der Waals surface area contributed by atoms with E-state index in [1.807, 2.05) is 46.7 Å². The molecule has 1 atom stereocenters. The maximum absolute atomic E-state index is 13.5. The van der Waals surface area contributed by atoms with Gasteiger partial charge >= 0.3 is 0 Å². The quantitative estimate of drug-likeness (QED) is 0.0971. The molecule has 2 aliphatic rings. The lowest BCUT2D eigenvalue weighted by atomic mass is 10.1. The van der Waals surface area contributed by atoms with Crippen LogP contribution < -0.4 is 31.2 Å². The van der Waals surface area contributed by atoms with Crippen LogP contribution in [-0.4, -0.2) is 65.4 Å². The number of carbonyl (C=O) groups is 4. The third-order valence-corrected chi connectivity index (χ3v) is 9.56. The van der Waals surface area contributed by atoms with Gasteiger partial charge in [0.05, 0.1) is 29.5 Å².